The van der Waals surface area contributed by atoms with Gasteiger partial charge in [0.05, 0.1) is 19.2 Å². The number of rotatable bonds is 11. The summed E-state index contributed by atoms with van der Waals surface area (Å²) < 4.78 is 54.8. The number of hydrogen-bond donors (Lipinski definition) is 2. The first-order chi connectivity index (χ1) is 19.0. The highest BCUT2D eigenvalue weighted by Gasteiger charge is 2.31. The quantitative estimate of drug-likeness (QED) is 0.187. The number of carbonyl (C=O) groups is 2. The maximum Gasteiger partial charge on any atom is 0.573 e. The molecule has 3 aromatic carbocycles. The molecule has 0 amide bonds. The van der Waals surface area contributed by atoms with Gasteiger partial charge in [-0.3, -0.25) is 14.2 Å². The van der Waals surface area contributed by atoms with E-state index in [0.29, 0.717) is 39.6 Å². The number of carboxylic acid groups (broad SMARTS) is 1. The molecule has 210 valence electrons. The Morgan fingerprint density at radius 1 is 1.00 bits per heavy atom. The average molecular weight is 577 g/mol. The first kappa shape index (κ1) is 28.6. The number of nitrogens with one attached hydrogen (secondary N) is 1. The highest BCUT2D eigenvalue weighted by molar-refractivity contribution is 6.30. The van der Waals surface area contributed by atoms with E-state index in [2.05, 4.69) is 10.1 Å². The lowest BCUT2D eigenvalue weighted by Gasteiger charge is -2.21. The van der Waals surface area contributed by atoms with Crippen molar-refractivity contribution in [3.63, 3.8) is 0 Å². The first-order valence-electron chi connectivity index (χ1n) is 12.0. The molecule has 4 aromatic rings. The summed E-state index contributed by atoms with van der Waals surface area (Å²) in [6.07, 6.45) is -3.18. The molecule has 1 unspecified atom stereocenters. The van der Waals surface area contributed by atoms with E-state index in [1.807, 2.05) is 0 Å². The van der Waals surface area contributed by atoms with E-state index in [9.17, 15) is 22.8 Å². The number of halogens is 4. The van der Waals surface area contributed by atoms with Crippen molar-refractivity contribution in [2.45, 2.75) is 25.2 Å². The lowest BCUT2D eigenvalue weighted by Crippen LogP contribution is -2.26. The Balaban J connectivity index is 1.68. The second-order valence-corrected chi connectivity index (χ2v) is 9.10. The minimum atomic E-state index is -4.89. The lowest BCUT2D eigenvalue weighted by atomic mass is 10.1. The van der Waals surface area contributed by atoms with Crippen molar-refractivity contribution in [3.05, 3.63) is 83.5 Å². The summed E-state index contributed by atoms with van der Waals surface area (Å²) >= 11 is 6.06. The van der Waals surface area contributed by atoms with Crippen molar-refractivity contribution in [3.8, 4) is 17.2 Å². The molecule has 1 aromatic heterocycles. The zero-order chi connectivity index (χ0) is 28.9. The van der Waals surface area contributed by atoms with Gasteiger partial charge in [-0.1, -0.05) is 23.7 Å². The molecule has 0 saturated heterocycles. The molecule has 12 heteroatoms. The molecule has 0 aliphatic carbocycles. The molecule has 1 heterocycles. The molecule has 0 fully saturated rings. The molecule has 2 N–H and O–H groups in total. The van der Waals surface area contributed by atoms with Crippen LogP contribution in [0.2, 0.25) is 5.02 Å². The van der Waals surface area contributed by atoms with Gasteiger partial charge in [0.15, 0.2) is 0 Å². The van der Waals surface area contributed by atoms with Crippen molar-refractivity contribution >= 4 is 40.1 Å². The Morgan fingerprint density at radius 2 is 1.73 bits per heavy atom. The summed E-state index contributed by atoms with van der Waals surface area (Å²) in [5.74, 6) is -1.08. The van der Waals surface area contributed by atoms with Gasteiger partial charge in [0.2, 0.25) is 0 Å². The number of ether oxygens (including phenoxy) is 3. The van der Waals surface area contributed by atoms with Gasteiger partial charge in [0, 0.05) is 53.0 Å². The van der Waals surface area contributed by atoms with Crippen LogP contribution in [0.1, 0.15) is 29.2 Å². The smallest absolute Gasteiger partial charge is 0.497 e. The zero-order valence-corrected chi connectivity index (χ0v) is 21.8. The molecule has 40 heavy (non-hydrogen) atoms. The number of anilines is 1. The normalized spacial score (nSPS) is 12.1. The number of aliphatic carboxylic acids is 1. The van der Waals surface area contributed by atoms with Crippen LogP contribution in [-0.2, 0) is 4.79 Å². The van der Waals surface area contributed by atoms with Crippen molar-refractivity contribution in [2.24, 2.45) is 0 Å². The van der Waals surface area contributed by atoms with Gasteiger partial charge in [-0.25, -0.2) is 0 Å². The summed E-state index contributed by atoms with van der Waals surface area (Å²) in [5, 5.41) is 13.0. The number of hydrogen-bond acceptors (Lipinski definition) is 6. The Morgan fingerprint density at radius 3 is 2.40 bits per heavy atom. The van der Waals surface area contributed by atoms with Crippen LogP contribution in [0.3, 0.4) is 0 Å². The van der Waals surface area contributed by atoms with Crippen molar-refractivity contribution < 1.29 is 42.1 Å². The summed E-state index contributed by atoms with van der Waals surface area (Å²) in [6, 6.07) is 15.8. The van der Waals surface area contributed by atoms with Crippen molar-refractivity contribution in [1.29, 1.82) is 0 Å². The molecule has 0 spiro atoms. The number of aromatic nitrogens is 1. The second-order valence-electron chi connectivity index (χ2n) is 8.66. The number of carboxylic acids is 1. The maximum absolute atomic E-state index is 13.9. The van der Waals surface area contributed by atoms with Gasteiger partial charge in [0.25, 0.3) is 5.91 Å². The van der Waals surface area contributed by atoms with E-state index in [0.717, 1.165) is 6.07 Å². The van der Waals surface area contributed by atoms with Crippen LogP contribution < -0.4 is 19.5 Å². The minimum Gasteiger partial charge on any atom is -0.497 e. The van der Waals surface area contributed by atoms with Gasteiger partial charge in [-0.05, 0) is 42.3 Å². The van der Waals surface area contributed by atoms with Crippen LogP contribution in [0.4, 0.5) is 18.9 Å². The van der Waals surface area contributed by atoms with Crippen LogP contribution in [0.5, 0.6) is 17.2 Å². The number of alkyl halides is 3. The fraction of sp³-hybridized carbons (Fsp3) is 0.214. The molecule has 0 saturated carbocycles. The maximum atomic E-state index is 13.9. The number of carbonyl (C=O) groups excluding carboxylic acids is 1. The van der Waals surface area contributed by atoms with Crippen molar-refractivity contribution in [2.75, 3.05) is 19.0 Å². The van der Waals surface area contributed by atoms with Crippen LogP contribution in [0.15, 0.2) is 72.9 Å². The lowest BCUT2D eigenvalue weighted by molar-refractivity contribution is -0.274. The predicted octanol–water partition coefficient (Wildman–Crippen LogP) is 6.94. The number of fused-ring (bicyclic) bond motifs is 1. The summed E-state index contributed by atoms with van der Waals surface area (Å²) in [7, 11) is 1.46. The van der Waals surface area contributed by atoms with E-state index in [-0.39, 0.29) is 18.5 Å². The predicted molar refractivity (Wildman–Crippen MR) is 142 cm³/mol. The topological polar surface area (TPSA) is 99.0 Å². The highest BCUT2D eigenvalue weighted by atomic mass is 35.5. The minimum absolute atomic E-state index is 0.0528. The number of methoxy groups -OCH3 is 1. The van der Waals surface area contributed by atoms with E-state index >= 15 is 0 Å². The molecule has 0 aliphatic heterocycles. The van der Waals surface area contributed by atoms with E-state index in [1.165, 1.54) is 30.0 Å². The molecule has 0 radical (unpaired) electrons. The third-order valence-corrected chi connectivity index (χ3v) is 6.07. The summed E-state index contributed by atoms with van der Waals surface area (Å²) in [4.78, 5) is 24.7. The Kier molecular flexibility index (Phi) is 8.73. The monoisotopic (exact) mass is 576 g/mol. The third kappa shape index (κ3) is 7.38. The second kappa shape index (κ2) is 12.2. The van der Waals surface area contributed by atoms with Crippen LogP contribution in [0.25, 0.3) is 10.9 Å². The van der Waals surface area contributed by atoms with Gasteiger partial charge in [-0.15, -0.1) is 13.2 Å². The fourth-order valence-corrected chi connectivity index (χ4v) is 4.14. The summed E-state index contributed by atoms with van der Waals surface area (Å²) in [6.45, 7) is 0.149. The zero-order valence-electron chi connectivity index (χ0n) is 21.1. The molecular weight excluding hydrogens is 553 g/mol. The Labute approximate surface area is 231 Å². The molecule has 4 rings (SSSR count). The highest BCUT2D eigenvalue weighted by Crippen LogP contribution is 2.32. The standard InChI is InChI=1S/C28H24ClF3N2O6/c1-38-22-13-20(14-23(15-22)39-12-2-3-25(35)36)33-26(18-4-7-19(29)8-5-18)27(37)34-11-10-17-6-9-21(16-24(17)34)40-28(30,31)32/h4-11,13-16,26,33H,2-3,12H2,1H3,(H,35,36). The Hall–Kier alpha value is -4.38. The van der Waals surface area contributed by atoms with E-state index < -0.39 is 30.0 Å². The average Bonchev–Trinajstić information content (AvgIpc) is 3.32. The van der Waals surface area contributed by atoms with Crippen LogP contribution in [0, 0.1) is 0 Å². The molecule has 1 atom stereocenters. The van der Waals surface area contributed by atoms with Crippen molar-refractivity contribution in [1.82, 2.24) is 4.57 Å². The van der Waals surface area contributed by atoms with Crippen LogP contribution >= 0.6 is 11.6 Å². The summed E-state index contributed by atoms with van der Waals surface area (Å²) in [5.41, 5.74) is 1.20. The van der Waals surface area contributed by atoms with Gasteiger partial charge in [0.1, 0.15) is 23.3 Å². The van der Waals surface area contributed by atoms with Crippen LogP contribution in [-0.4, -0.2) is 41.6 Å². The van der Waals surface area contributed by atoms with E-state index in [1.54, 1.807) is 48.5 Å². The van der Waals surface area contributed by atoms with E-state index in [4.69, 9.17) is 26.2 Å². The number of benzene rings is 3. The molecule has 0 bridgehead atoms. The molecular formula is C28H24ClF3N2O6. The number of nitrogens with zero attached hydrogens (tertiary/aromatic N) is 1. The molecule has 0 aliphatic rings. The Bertz CT molecular complexity index is 1500. The molecule has 8 nitrogen and oxygen atoms in total. The first-order valence-corrected chi connectivity index (χ1v) is 12.4. The van der Waals surface area contributed by atoms with Gasteiger partial charge < -0.3 is 24.6 Å². The van der Waals surface area contributed by atoms with Gasteiger partial charge >= 0.3 is 12.3 Å². The largest absolute Gasteiger partial charge is 0.573 e. The fourth-order valence-electron chi connectivity index (χ4n) is 4.02. The SMILES string of the molecule is COc1cc(NC(C(=O)n2ccc3ccc(OC(F)(F)F)cc32)c2ccc(Cl)cc2)cc(OCCCC(=O)O)c1. The van der Waals surface area contributed by atoms with Gasteiger partial charge in [-0.2, -0.15) is 0 Å². The third-order valence-electron chi connectivity index (χ3n) is 5.82.